The minimum Gasteiger partial charge on any atom is -0.461 e. The van der Waals surface area contributed by atoms with Crippen molar-refractivity contribution in [3.05, 3.63) is 77.9 Å². The Balaban J connectivity index is 1.39. The summed E-state index contributed by atoms with van der Waals surface area (Å²) in [6.07, 6.45) is 0.775. The Kier molecular flexibility index (Phi) is 6.21. The second kappa shape index (κ2) is 8.99. The van der Waals surface area contributed by atoms with E-state index in [-0.39, 0.29) is 31.4 Å². The predicted molar refractivity (Wildman–Crippen MR) is 104 cm³/mol. The molecule has 0 amide bonds. The van der Waals surface area contributed by atoms with Crippen LogP contribution in [0.5, 0.6) is 5.75 Å². The van der Waals surface area contributed by atoms with E-state index in [0.717, 1.165) is 21.9 Å². The van der Waals surface area contributed by atoms with Gasteiger partial charge in [0.1, 0.15) is 12.4 Å². The van der Waals surface area contributed by atoms with Gasteiger partial charge in [0, 0.05) is 12.8 Å². The number of hydrogen-bond donors (Lipinski definition) is 0. The molecule has 3 aromatic carbocycles. The van der Waals surface area contributed by atoms with E-state index < -0.39 is 0 Å². The summed E-state index contributed by atoms with van der Waals surface area (Å²) in [5.74, 6) is -0.131. The minimum atomic E-state index is -0.345. The van der Waals surface area contributed by atoms with Gasteiger partial charge < -0.3 is 9.47 Å². The maximum absolute atomic E-state index is 11.9. The Bertz CT molecular complexity index is 946. The van der Waals surface area contributed by atoms with Crippen molar-refractivity contribution in [1.29, 1.82) is 0 Å². The number of ether oxygens (including phenoxy) is 2. The Labute approximate surface area is 158 Å². The summed E-state index contributed by atoms with van der Waals surface area (Å²) in [5, 5.41) is 2.27. The molecule has 0 N–H and O–H groups in total. The van der Waals surface area contributed by atoms with Crippen molar-refractivity contribution in [3.8, 4) is 5.75 Å². The summed E-state index contributed by atoms with van der Waals surface area (Å²) in [4.78, 5) is 23.7. The summed E-state index contributed by atoms with van der Waals surface area (Å²) in [7, 11) is 0. The van der Waals surface area contributed by atoms with Crippen LogP contribution < -0.4 is 4.74 Å². The molecule has 27 heavy (non-hydrogen) atoms. The number of hydrogen-bond acceptors (Lipinski definition) is 4. The monoisotopic (exact) mass is 362 g/mol. The van der Waals surface area contributed by atoms with Crippen molar-refractivity contribution in [3.63, 3.8) is 0 Å². The predicted octanol–water partition coefficient (Wildman–Crippen LogP) is 4.97. The summed E-state index contributed by atoms with van der Waals surface area (Å²) >= 11 is 0. The van der Waals surface area contributed by atoms with Crippen LogP contribution in [0.1, 0.15) is 30.4 Å². The molecular weight excluding hydrogens is 340 g/mol. The Hall–Kier alpha value is -3.14. The normalized spacial score (nSPS) is 10.6. The lowest BCUT2D eigenvalue weighted by atomic mass is 10.1. The third-order valence-corrected chi connectivity index (χ3v) is 4.20. The largest absolute Gasteiger partial charge is 0.461 e. The van der Waals surface area contributed by atoms with Gasteiger partial charge in [-0.2, -0.15) is 0 Å². The first-order chi connectivity index (χ1) is 13.1. The zero-order valence-electron chi connectivity index (χ0n) is 15.3. The summed E-state index contributed by atoms with van der Waals surface area (Å²) in [6.45, 7) is 2.17. The van der Waals surface area contributed by atoms with Crippen LogP contribution in [0.3, 0.4) is 0 Å². The maximum Gasteiger partial charge on any atom is 0.311 e. The number of benzene rings is 3. The van der Waals surface area contributed by atoms with E-state index in [1.807, 2.05) is 61.5 Å². The fraction of sp³-hybridized carbons (Fsp3) is 0.217. The average molecular weight is 362 g/mol. The molecule has 0 saturated heterocycles. The summed E-state index contributed by atoms with van der Waals surface area (Å²) < 4.78 is 10.6. The van der Waals surface area contributed by atoms with Crippen molar-refractivity contribution in [2.45, 2.75) is 32.8 Å². The van der Waals surface area contributed by atoms with Gasteiger partial charge in [0.05, 0.1) is 0 Å². The molecule has 0 radical (unpaired) electrons. The number of aryl methyl sites for hydroxylation is 1. The first-order valence-corrected chi connectivity index (χ1v) is 9.01. The molecular formula is C23H22O4. The van der Waals surface area contributed by atoms with Crippen LogP contribution in [0.4, 0.5) is 0 Å². The molecule has 0 unspecified atom stereocenters. The Morgan fingerprint density at radius 3 is 2.41 bits per heavy atom. The highest BCUT2D eigenvalue weighted by molar-refractivity contribution is 5.83. The van der Waals surface area contributed by atoms with Gasteiger partial charge in [-0.15, -0.1) is 0 Å². The molecule has 0 spiro atoms. The highest BCUT2D eigenvalue weighted by atomic mass is 16.5. The lowest BCUT2D eigenvalue weighted by Crippen LogP contribution is -2.10. The molecule has 0 fully saturated rings. The van der Waals surface area contributed by atoms with Gasteiger partial charge in [0.2, 0.25) is 0 Å². The van der Waals surface area contributed by atoms with Gasteiger partial charge in [-0.05, 0) is 53.4 Å². The van der Waals surface area contributed by atoms with Crippen molar-refractivity contribution >= 4 is 22.7 Å². The fourth-order valence-corrected chi connectivity index (χ4v) is 2.80. The highest BCUT2D eigenvalue weighted by Crippen LogP contribution is 2.17. The van der Waals surface area contributed by atoms with Crippen molar-refractivity contribution in [2.24, 2.45) is 0 Å². The molecule has 0 atom stereocenters. The van der Waals surface area contributed by atoms with Gasteiger partial charge in [-0.25, -0.2) is 0 Å². The number of rotatable bonds is 7. The summed E-state index contributed by atoms with van der Waals surface area (Å²) in [6, 6.07) is 21.3. The molecule has 0 saturated carbocycles. The standard InChI is InChI=1S/C23H22O4/c1-17-6-4-9-21(14-17)27-23(25)11-5-10-22(24)26-16-18-12-13-19-7-2-3-8-20(19)15-18/h2-4,6-9,12-15H,5,10-11,16H2,1H3. The Morgan fingerprint density at radius 2 is 1.59 bits per heavy atom. The van der Waals surface area contributed by atoms with Gasteiger partial charge in [-0.3, -0.25) is 9.59 Å². The maximum atomic E-state index is 11.9. The van der Waals surface area contributed by atoms with E-state index in [1.54, 1.807) is 12.1 Å². The zero-order chi connectivity index (χ0) is 19.1. The third-order valence-electron chi connectivity index (χ3n) is 4.20. The van der Waals surface area contributed by atoms with E-state index in [9.17, 15) is 9.59 Å². The first kappa shape index (κ1) is 18.6. The van der Waals surface area contributed by atoms with E-state index in [0.29, 0.717) is 12.2 Å². The topological polar surface area (TPSA) is 52.6 Å². The van der Waals surface area contributed by atoms with Crippen molar-refractivity contribution < 1.29 is 19.1 Å². The molecule has 0 heterocycles. The first-order valence-electron chi connectivity index (χ1n) is 9.01. The van der Waals surface area contributed by atoms with E-state index in [2.05, 4.69) is 0 Å². The van der Waals surface area contributed by atoms with Crippen molar-refractivity contribution in [2.75, 3.05) is 0 Å². The number of carbonyl (C=O) groups is 2. The van der Waals surface area contributed by atoms with E-state index >= 15 is 0 Å². The number of fused-ring (bicyclic) bond motifs is 1. The number of esters is 2. The summed E-state index contributed by atoms with van der Waals surface area (Å²) in [5.41, 5.74) is 1.97. The van der Waals surface area contributed by atoms with Gasteiger partial charge in [0.15, 0.2) is 0 Å². The van der Waals surface area contributed by atoms with Crippen LogP contribution in [0, 0.1) is 6.92 Å². The highest BCUT2D eigenvalue weighted by Gasteiger charge is 2.09. The second-order valence-corrected chi connectivity index (χ2v) is 6.49. The average Bonchev–Trinajstić information content (AvgIpc) is 2.66. The quantitative estimate of drug-likeness (QED) is 0.440. The molecule has 3 rings (SSSR count). The molecule has 4 nitrogen and oxygen atoms in total. The SMILES string of the molecule is Cc1cccc(OC(=O)CCCC(=O)OCc2ccc3ccccc3c2)c1. The molecule has 3 aromatic rings. The van der Waals surface area contributed by atoms with E-state index in [1.165, 1.54) is 0 Å². The molecule has 138 valence electrons. The molecule has 0 aromatic heterocycles. The van der Waals surface area contributed by atoms with Gasteiger partial charge >= 0.3 is 11.9 Å². The lowest BCUT2D eigenvalue weighted by Gasteiger charge is -2.07. The molecule has 0 bridgehead atoms. The van der Waals surface area contributed by atoms with Crippen LogP contribution in [-0.4, -0.2) is 11.9 Å². The number of carbonyl (C=O) groups excluding carboxylic acids is 2. The molecule has 4 heteroatoms. The van der Waals surface area contributed by atoms with E-state index in [4.69, 9.17) is 9.47 Å². The molecule has 0 aliphatic rings. The molecule has 0 aliphatic carbocycles. The van der Waals surface area contributed by atoms with Crippen LogP contribution >= 0.6 is 0 Å². The zero-order valence-corrected chi connectivity index (χ0v) is 15.3. The van der Waals surface area contributed by atoms with Crippen molar-refractivity contribution in [1.82, 2.24) is 0 Å². The molecule has 0 aliphatic heterocycles. The fourth-order valence-electron chi connectivity index (χ4n) is 2.80. The van der Waals surface area contributed by atoms with Crippen LogP contribution in [-0.2, 0) is 20.9 Å². The van der Waals surface area contributed by atoms with Gasteiger partial charge in [-0.1, -0.05) is 48.5 Å². The smallest absolute Gasteiger partial charge is 0.311 e. The lowest BCUT2D eigenvalue weighted by molar-refractivity contribution is -0.145. The third kappa shape index (κ3) is 5.68. The Morgan fingerprint density at radius 1 is 0.815 bits per heavy atom. The van der Waals surface area contributed by atoms with Crippen LogP contribution in [0.15, 0.2) is 66.7 Å². The van der Waals surface area contributed by atoms with Crippen LogP contribution in [0.25, 0.3) is 10.8 Å². The van der Waals surface area contributed by atoms with Gasteiger partial charge in [0.25, 0.3) is 0 Å². The minimum absolute atomic E-state index is 0.180. The van der Waals surface area contributed by atoms with Crippen LogP contribution in [0.2, 0.25) is 0 Å². The second-order valence-electron chi connectivity index (χ2n) is 6.49.